The first-order chi connectivity index (χ1) is 10.4. The van der Waals surface area contributed by atoms with Gasteiger partial charge in [-0.3, -0.25) is 4.79 Å². The van der Waals surface area contributed by atoms with Crippen molar-refractivity contribution in [1.82, 2.24) is 4.98 Å². The zero-order valence-electron chi connectivity index (χ0n) is 11.8. The highest BCUT2D eigenvalue weighted by Crippen LogP contribution is 2.31. The number of methoxy groups -OCH3 is 1. The van der Waals surface area contributed by atoms with Crippen molar-refractivity contribution in [3.63, 3.8) is 0 Å². The molecule has 1 aromatic carbocycles. The summed E-state index contributed by atoms with van der Waals surface area (Å²) in [6.07, 6.45) is -4.43. The first-order valence-corrected chi connectivity index (χ1v) is 6.46. The SMILES string of the molecule is COCCOCC(=O)Nc1ccc2[nH]c(C(F)(F)F)cc2c1. The van der Waals surface area contributed by atoms with Crippen molar-refractivity contribution in [2.75, 3.05) is 32.2 Å². The number of rotatable bonds is 6. The van der Waals surface area contributed by atoms with E-state index in [0.717, 1.165) is 6.07 Å². The molecule has 0 atom stereocenters. The van der Waals surface area contributed by atoms with Crippen LogP contribution in [0.15, 0.2) is 24.3 Å². The number of carbonyl (C=O) groups excluding carboxylic acids is 1. The molecule has 0 aliphatic heterocycles. The maximum absolute atomic E-state index is 12.6. The molecule has 1 aromatic heterocycles. The third kappa shape index (κ3) is 4.22. The monoisotopic (exact) mass is 316 g/mol. The predicted molar refractivity (Wildman–Crippen MR) is 74.6 cm³/mol. The molecule has 0 aliphatic rings. The molecule has 0 fully saturated rings. The van der Waals surface area contributed by atoms with Crippen LogP contribution < -0.4 is 5.32 Å². The van der Waals surface area contributed by atoms with E-state index in [1.807, 2.05) is 0 Å². The van der Waals surface area contributed by atoms with Gasteiger partial charge in [-0.1, -0.05) is 0 Å². The first kappa shape index (κ1) is 16.3. The van der Waals surface area contributed by atoms with Crippen LogP contribution >= 0.6 is 0 Å². The number of hydrogen-bond acceptors (Lipinski definition) is 3. The lowest BCUT2D eigenvalue weighted by atomic mass is 10.2. The summed E-state index contributed by atoms with van der Waals surface area (Å²) < 4.78 is 47.7. The number of amides is 1. The van der Waals surface area contributed by atoms with E-state index in [1.54, 1.807) is 0 Å². The number of carbonyl (C=O) groups is 1. The smallest absolute Gasteiger partial charge is 0.382 e. The topological polar surface area (TPSA) is 63.4 Å². The van der Waals surface area contributed by atoms with Crippen LogP contribution in [-0.2, 0) is 20.4 Å². The molecule has 22 heavy (non-hydrogen) atoms. The standard InChI is InChI=1S/C14H15F3N2O3/c1-21-4-5-22-8-13(20)18-10-2-3-11-9(6-10)7-12(19-11)14(15,16)17/h2-3,6-7,19H,4-5,8H2,1H3,(H,18,20). The second kappa shape index (κ2) is 6.80. The van der Waals surface area contributed by atoms with Gasteiger partial charge in [-0.25, -0.2) is 0 Å². The largest absolute Gasteiger partial charge is 0.431 e. The van der Waals surface area contributed by atoms with Gasteiger partial charge < -0.3 is 19.8 Å². The molecular weight excluding hydrogens is 301 g/mol. The molecule has 0 saturated heterocycles. The van der Waals surface area contributed by atoms with E-state index >= 15 is 0 Å². The van der Waals surface area contributed by atoms with Crippen molar-refractivity contribution in [3.05, 3.63) is 30.0 Å². The number of nitrogens with one attached hydrogen (secondary N) is 2. The van der Waals surface area contributed by atoms with Crippen molar-refractivity contribution in [3.8, 4) is 0 Å². The summed E-state index contributed by atoms with van der Waals surface area (Å²) in [6.45, 7) is 0.515. The summed E-state index contributed by atoms with van der Waals surface area (Å²) in [5, 5.41) is 2.93. The Morgan fingerprint density at radius 1 is 1.27 bits per heavy atom. The van der Waals surface area contributed by atoms with Gasteiger partial charge in [0.2, 0.25) is 5.91 Å². The van der Waals surface area contributed by atoms with E-state index < -0.39 is 11.9 Å². The summed E-state index contributed by atoms with van der Waals surface area (Å²) >= 11 is 0. The number of benzene rings is 1. The Morgan fingerprint density at radius 2 is 2.05 bits per heavy atom. The van der Waals surface area contributed by atoms with Crippen LogP contribution in [0.2, 0.25) is 0 Å². The molecule has 0 aliphatic carbocycles. The molecule has 2 N–H and O–H groups in total. The van der Waals surface area contributed by atoms with Crippen LogP contribution in [0.5, 0.6) is 0 Å². The molecule has 0 unspecified atom stereocenters. The lowest BCUT2D eigenvalue weighted by Gasteiger charge is -2.06. The summed E-state index contributed by atoms with van der Waals surface area (Å²) in [7, 11) is 1.52. The fourth-order valence-electron chi connectivity index (χ4n) is 1.87. The maximum Gasteiger partial charge on any atom is 0.431 e. The average Bonchev–Trinajstić information content (AvgIpc) is 2.87. The quantitative estimate of drug-likeness (QED) is 0.806. The Morgan fingerprint density at radius 3 is 2.73 bits per heavy atom. The Bertz CT molecular complexity index is 652. The highest BCUT2D eigenvalue weighted by atomic mass is 19.4. The molecule has 1 heterocycles. The number of ether oxygens (including phenoxy) is 2. The van der Waals surface area contributed by atoms with E-state index in [0.29, 0.717) is 23.2 Å². The van der Waals surface area contributed by atoms with Gasteiger partial charge in [0.05, 0.1) is 13.2 Å². The molecule has 5 nitrogen and oxygen atoms in total. The van der Waals surface area contributed by atoms with E-state index in [9.17, 15) is 18.0 Å². The zero-order valence-corrected chi connectivity index (χ0v) is 11.8. The van der Waals surface area contributed by atoms with E-state index in [2.05, 4.69) is 10.3 Å². The van der Waals surface area contributed by atoms with Crippen LogP contribution in [0, 0.1) is 0 Å². The second-order valence-corrected chi connectivity index (χ2v) is 4.58. The Kier molecular flexibility index (Phi) is 5.04. The fourth-order valence-corrected chi connectivity index (χ4v) is 1.87. The normalized spacial score (nSPS) is 11.8. The fraction of sp³-hybridized carbons (Fsp3) is 0.357. The van der Waals surface area contributed by atoms with Crippen molar-refractivity contribution in [2.24, 2.45) is 0 Å². The number of fused-ring (bicyclic) bond motifs is 1. The summed E-state index contributed by atoms with van der Waals surface area (Å²) in [4.78, 5) is 13.9. The average molecular weight is 316 g/mol. The van der Waals surface area contributed by atoms with Gasteiger partial charge in [0.1, 0.15) is 12.3 Å². The van der Waals surface area contributed by atoms with Gasteiger partial charge in [-0.15, -0.1) is 0 Å². The number of aromatic nitrogens is 1. The van der Waals surface area contributed by atoms with Crippen molar-refractivity contribution in [2.45, 2.75) is 6.18 Å². The highest BCUT2D eigenvalue weighted by Gasteiger charge is 2.32. The second-order valence-electron chi connectivity index (χ2n) is 4.58. The number of H-pyrrole nitrogens is 1. The third-order valence-electron chi connectivity index (χ3n) is 2.87. The maximum atomic E-state index is 12.6. The number of aromatic amines is 1. The summed E-state index contributed by atoms with van der Waals surface area (Å²) in [6, 6.07) is 5.46. The van der Waals surface area contributed by atoms with Crippen molar-refractivity contribution in [1.29, 1.82) is 0 Å². The summed E-state index contributed by atoms with van der Waals surface area (Å²) in [5.41, 5.74) is -0.0730. The summed E-state index contributed by atoms with van der Waals surface area (Å²) in [5.74, 6) is -0.387. The molecule has 2 rings (SSSR count). The van der Waals surface area contributed by atoms with Crippen LogP contribution in [0.3, 0.4) is 0 Å². The van der Waals surface area contributed by atoms with Crippen LogP contribution in [-0.4, -0.2) is 37.8 Å². The number of anilines is 1. The van der Waals surface area contributed by atoms with Crippen LogP contribution in [0.25, 0.3) is 10.9 Å². The minimum atomic E-state index is -4.43. The minimum absolute atomic E-state index is 0.150. The lowest BCUT2D eigenvalue weighted by molar-refractivity contribution is -0.140. The Hall–Kier alpha value is -2.06. The number of halogens is 3. The highest BCUT2D eigenvalue weighted by molar-refractivity contribution is 5.94. The van der Waals surface area contributed by atoms with Gasteiger partial charge in [-0.2, -0.15) is 13.2 Å². The molecule has 120 valence electrons. The van der Waals surface area contributed by atoms with Gasteiger partial charge in [0, 0.05) is 23.7 Å². The first-order valence-electron chi connectivity index (χ1n) is 6.46. The lowest BCUT2D eigenvalue weighted by Crippen LogP contribution is -2.19. The predicted octanol–water partition coefficient (Wildman–Crippen LogP) is 2.79. The number of alkyl halides is 3. The number of hydrogen-bond donors (Lipinski definition) is 2. The van der Waals surface area contributed by atoms with E-state index in [1.165, 1.54) is 25.3 Å². The molecule has 0 saturated carbocycles. The van der Waals surface area contributed by atoms with Gasteiger partial charge in [0.25, 0.3) is 0 Å². The van der Waals surface area contributed by atoms with Crippen molar-refractivity contribution < 1.29 is 27.4 Å². The Balaban J connectivity index is 2.02. The van der Waals surface area contributed by atoms with E-state index in [4.69, 9.17) is 9.47 Å². The molecule has 8 heteroatoms. The van der Waals surface area contributed by atoms with Gasteiger partial charge >= 0.3 is 6.18 Å². The van der Waals surface area contributed by atoms with Gasteiger partial charge in [0.15, 0.2) is 0 Å². The molecule has 0 spiro atoms. The van der Waals surface area contributed by atoms with Crippen LogP contribution in [0.1, 0.15) is 5.69 Å². The molecular formula is C14H15F3N2O3. The molecule has 1 amide bonds. The van der Waals surface area contributed by atoms with Crippen molar-refractivity contribution >= 4 is 22.5 Å². The Labute approximate surface area is 124 Å². The minimum Gasteiger partial charge on any atom is -0.382 e. The zero-order chi connectivity index (χ0) is 16.2. The molecule has 2 aromatic rings. The van der Waals surface area contributed by atoms with E-state index in [-0.39, 0.29) is 19.1 Å². The third-order valence-corrected chi connectivity index (χ3v) is 2.87. The molecule has 0 bridgehead atoms. The molecule has 0 radical (unpaired) electrons. The van der Waals surface area contributed by atoms with Gasteiger partial charge in [-0.05, 0) is 24.3 Å². The van der Waals surface area contributed by atoms with Crippen LogP contribution in [0.4, 0.5) is 18.9 Å².